The standard InChI is InChI=1S/C10H16N2O4/c1-3-15-9(13)11-7-5-6-8-12-10(14)16-4-2/h5-8H,3-4H2,1-2H3,(H,11,13)(H,12,14)/b7-5+,8-6+. The number of carbonyl (C=O) groups is 2. The van der Waals surface area contributed by atoms with Crippen molar-refractivity contribution in [3.05, 3.63) is 24.6 Å². The van der Waals surface area contributed by atoms with Crippen LogP contribution in [0.25, 0.3) is 0 Å². The van der Waals surface area contributed by atoms with Gasteiger partial charge in [0.25, 0.3) is 0 Å². The van der Waals surface area contributed by atoms with E-state index in [9.17, 15) is 9.59 Å². The summed E-state index contributed by atoms with van der Waals surface area (Å²) in [7, 11) is 0. The molecule has 0 aliphatic heterocycles. The fourth-order valence-electron chi connectivity index (χ4n) is 0.689. The highest BCUT2D eigenvalue weighted by Gasteiger charge is 1.93. The number of hydrogen-bond acceptors (Lipinski definition) is 4. The Balaban J connectivity index is 3.63. The van der Waals surface area contributed by atoms with E-state index in [1.807, 2.05) is 0 Å². The molecule has 90 valence electrons. The SMILES string of the molecule is CCOC(=O)N/C=C/C=C/NC(=O)OCC. The summed E-state index contributed by atoms with van der Waals surface area (Å²) in [5.74, 6) is 0. The Morgan fingerprint density at radius 2 is 1.31 bits per heavy atom. The maximum Gasteiger partial charge on any atom is 0.411 e. The molecule has 16 heavy (non-hydrogen) atoms. The van der Waals surface area contributed by atoms with Gasteiger partial charge in [0.1, 0.15) is 0 Å². The van der Waals surface area contributed by atoms with Crippen LogP contribution in [-0.4, -0.2) is 25.4 Å². The topological polar surface area (TPSA) is 76.7 Å². The minimum atomic E-state index is -0.523. The van der Waals surface area contributed by atoms with Crippen LogP contribution in [0.3, 0.4) is 0 Å². The van der Waals surface area contributed by atoms with Crippen LogP contribution >= 0.6 is 0 Å². The Labute approximate surface area is 94.3 Å². The van der Waals surface area contributed by atoms with E-state index in [0.717, 1.165) is 0 Å². The van der Waals surface area contributed by atoms with Gasteiger partial charge in [-0.3, -0.25) is 10.6 Å². The van der Waals surface area contributed by atoms with Crippen LogP contribution in [0.2, 0.25) is 0 Å². The zero-order valence-corrected chi connectivity index (χ0v) is 9.36. The van der Waals surface area contributed by atoms with Gasteiger partial charge in [0, 0.05) is 12.4 Å². The molecule has 0 rings (SSSR count). The number of allylic oxidation sites excluding steroid dienone is 2. The van der Waals surface area contributed by atoms with E-state index in [2.05, 4.69) is 20.1 Å². The summed E-state index contributed by atoms with van der Waals surface area (Å²) < 4.78 is 9.21. The van der Waals surface area contributed by atoms with Crippen LogP contribution in [0.4, 0.5) is 9.59 Å². The van der Waals surface area contributed by atoms with Crippen molar-refractivity contribution in [2.24, 2.45) is 0 Å². The second-order valence-electron chi connectivity index (χ2n) is 2.45. The highest BCUT2D eigenvalue weighted by molar-refractivity contribution is 5.69. The number of nitrogens with one attached hydrogen (secondary N) is 2. The molecule has 6 nitrogen and oxygen atoms in total. The van der Waals surface area contributed by atoms with Gasteiger partial charge in [-0.2, -0.15) is 0 Å². The molecule has 2 N–H and O–H groups in total. The molecule has 0 radical (unpaired) electrons. The minimum Gasteiger partial charge on any atom is -0.450 e. The van der Waals surface area contributed by atoms with Crippen molar-refractivity contribution in [1.29, 1.82) is 0 Å². The number of amides is 2. The number of rotatable bonds is 5. The molecule has 0 saturated carbocycles. The van der Waals surface area contributed by atoms with Crippen molar-refractivity contribution in [2.45, 2.75) is 13.8 Å². The molecule has 0 aliphatic carbocycles. The summed E-state index contributed by atoms with van der Waals surface area (Å²) in [6.07, 6.45) is 4.80. The van der Waals surface area contributed by atoms with Crippen molar-refractivity contribution in [3.63, 3.8) is 0 Å². The highest BCUT2D eigenvalue weighted by Crippen LogP contribution is 1.79. The Morgan fingerprint density at radius 1 is 0.938 bits per heavy atom. The fourth-order valence-corrected chi connectivity index (χ4v) is 0.689. The van der Waals surface area contributed by atoms with Gasteiger partial charge in [-0.05, 0) is 26.0 Å². The first-order chi connectivity index (χ1) is 7.70. The number of hydrogen-bond donors (Lipinski definition) is 2. The van der Waals surface area contributed by atoms with Crippen LogP contribution in [0.5, 0.6) is 0 Å². The van der Waals surface area contributed by atoms with Gasteiger partial charge in [-0.25, -0.2) is 9.59 Å². The second-order valence-corrected chi connectivity index (χ2v) is 2.45. The van der Waals surface area contributed by atoms with E-state index in [4.69, 9.17) is 0 Å². The van der Waals surface area contributed by atoms with Crippen LogP contribution in [0.15, 0.2) is 24.6 Å². The first-order valence-electron chi connectivity index (χ1n) is 4.89. The van der Waals surface area contributed by atoms with E-state index in [1.165, 1.54) is 24.6 Å². The van der Waals surface area contributed by atoms with Crippen molar-refractivity contribution in [1.82, 2.24) is 10.6 Å². The lowest BCUT2D eigenvalue weighted by atomic mass is 10.5. The second kappa shape index (κ2) is 9.57. The first-order valence-corrected chi connectivity index (χ1v) is 4.89. The molecule has 0 saturated heterocycles. The molecule has 0 aromatic heterocycles. The predicted molar refractivity (Wildman–Crippen MR) is 58.6 cm³/mol. The van der Waals surface area contributed by atoms with Crippen molar-refractivity contribution in [3.8, 4) is 0 Å². The minimum absolute atomic E-state index is 0.319. The van der Waals surface area contributed by atoms with Gasteiger partial charge < -0.3 is 9.47 Å². The van der Waals surface area contributed by atoms with Gasteiger partial charge in [0.2, 0.25) is 0 Å². The molecular formula is C10H16N2O4. The lowest BCUT2D eigenvalue weighted by Crippen LogP contribution is -2.18. The van der Waals surface area contributed by atoms with E-state index >= 15 is 0 Å². The monoisotopic (exact) mass is 228 g/mol. The van der Waals surface area contributed by atoms with Crippen LogP contribution in [-0.2, 0) is 9.47 Å². The van der Waals surface area contributed by atoms with Gasteiger partial charge in [0.15, 0.2) is 0 Å². The number of carbonyl (C=O) groups excluding carboxylic acids is 2. The highest BCUT2D eigenvalue weighted by atomic mass is 16.5. The summed E-state index contributed by atoms with van der Waals surface area (Å²) in [4.78, 5) is 21.5. The maximum atomic E-state index is 10.8. The lowest BCUT2D eigenvalue weighted by Gasteiger charge is -1.98. The molecule has 0 unspecified atom stereocenters. The molecule has 6 heteroatoms. The van der Waals surface area contributed by atoms with Gasteiger partial charge in [-0.15, -0.1) is 0 Å². The van der Waals surface area contributed by atoms with Crippen molar-refractivity contribution in [2.75, 3.05) is 13.2 Å². The van der Waals surface area contributed by atoms with E-state index in [0.29, 0.717) is 13.2 Å². The normalized spacial score (nSPS) is 10.4. The third kappa shape index (κ3) is 8.61. The van der Waals surface area contributed by atoms with Gasteiger partial charge >= 0.3 is 12.2 Å². The zero-order valence-electron chi connectivity index (χ0n) is 9.36. The summed E-state index contributed by atoms with van der Waals surface area (Å²) >= 11 is 0. The first kappa shape index (κ1) is 14.0. The molecule has 0 aromatic rings. The Kier molecular flexibility index (Phi) is 8.39. The average molecular weight is 228 g/mol. The predicted octanol–water partition coefficient (Wildman–Crippen LogP) is 1.51. The maximum absolute atomic E-state index is 10.8. The van der Waals surface area contributed by atoms with Crippen LogP contribution in [0, 0.1) is 0 Å². The largest absolute Gasteiger partial charge is 0.450 e. The zero-order chi connectivity index (χ0) is 12.2. The molecule has 0 spiro atoms. The van der Waals surface area contributed by atoms with Crippen molar-refractivity contribution < 1.29 is 19.1 Å². The van der Waals surface area contributed by atoms with Gasteiger partial charge in [0.05, 0.1) is 13.2 Å². The third-order valence-corrected chi connectivity index (χ3v) is 1.26. The lowest BCUT2D eigenvalue weighted by molar-refractivity contribution is 0.155. The Bertz CT molecular complexity index is 246. The van der Waals surface area contributed by atoms with E-state index < -0.39 is 12.2 Å². The average Bonchev–Trinajstić information content (AvgIpc) is 2.24. The van der Waals surface area contributed by atoms with Crippen LogP contribution < -0.4 is 10.6 Å². The summed E-state index contributed by atoms with van der Waals surface area (Å²) in [5, 5.41) is 4.72. The Morgan fingerprint density at radius 3 is 1.62 bits per heavy atom. The van der Waals surface area contributed by atoms with Crippen molar-refractivity contribution >= 4 is 12.2 Å². The molecule has 0 bridgehead atoms. The van der Waals surface area contributed by atoms with Gasteiger partial charge in [-0.1, -0.05) is 0 Å². The quantitative estimate of drug-likeness (QED) is 0.699. The summed E-state index contributed by atoms with van der Waals surface area (Å²) in [6.45, 7) is 4.07. The molecule has 0 aliphatic rings. The van der Waals surface area contributed by atoms with E-state index in [-0.39, 0.29) is 0 Å². The molecule has 0 heterocycles. The molecule has 0 fully saturated rings. The smallest absolute Gasteiger partial charge is 0.411 e. The van der Waals surface area contributed by atoms with Crippen LogP contribution in [0.1, 0.15) is 13.8 Å². The summed E-state index contributed by atoms with van der Waals surface area (Å²) in [5.41, 5.74) is 0. The number of alkyl carbamates (subject to hydrolysis) is 2. The van der Waals surface area contributed by atoms with E-state index in [1.54, 1.807) is 13.8 Å². The third-order valence-electron chi connectivity index (χ3n) is 1.26. The molecular weight excluding hydrogens is 212 g/mol. The molecule has 0 atom stereocenters. The fraction of sp³-hybridized carbons (Fsp3) is 0.400. The molecule has 0 aromatic carbocycles. The Hall–Kier alpha value is -1.98. The molecule has 2 amide bonds. The number of ether oxygens (including phenoxy) is 2. The summed E-state index contributed by atoms with van der Waals surface area (Å²) in [6, 6.07) is 0.